The molecule has 2 amide bonds. The quantitative estimate of drug-likeness (QED) is 0.445. The Hall–Kier alpha value is -3.04. The molecule has 8 nitrogen and oxygen atoms in total. The van der Waals surface area contributed by atoms with Crippen molar-refractivity contribution in [3.63, 3.8) is 0 Å². The summed E-state index contributed by atoms with van der Waals surface area (Å²) in [7, 11) is 0. The summed E-state index contributed by atoms with van der Waals surface area (Å²) >= 11 is 1.77. The molecule has 164 valence electrons. The molecule has 3 aromatic rings. The first-order valence-corrected chi connectivity index (χ1v) is 12.0. The van der Waals surface area contributed by atoms with Gasteiger partial charge >= 0.3 is 0 Å². The second kappa shape index (κ2) is 7.83. The van der Waals surface area contributed by atoms with Gasteiger partial charge in [0.1, 0.15) is 5.82 Å². The smallest absolute Gasteiger partial charge is 0.254 e. The molecule has 6 rings (SSSR count). The van der Waals surface area contributed by atoms with Crippen LogP contribution in [-0.2, 0) is 16.1 Å². The van der Waals surface area contributed by atoms with Crippen LogP contribution in [0.4, 0.5) is 5.82 Å². The van der Waals surface area contributed by atoms with Gasteiger partial charge < -0.3 is 5.32 Å². The molecule has 2 N–H and O–H groups in total. The van der Waals surface area contributed by atoms with Crippen molar-refractivity contribution in [2.45, 2.75) is 44.7 Å². The fourth-order valence-corrected chi connectivity index (χ4v) is 5.26. The van der Waals surface area contributed by atoms with E-state index in [0.29, 0.717) is 17.3 Å². The lowest BCUT2D eigenvalue weighted by Gasteiger charge is -2.12. The predicted molar refractivity (Wildman–Crippen MR) is 123 cm³/mol. The number of aromatic nitrogens is 3. The first-order chi connectivity index (χ1) is 15.6. The van der Waals surface area contributed by atoms with Crippen LogP contribution >= 0.6 is 11.3 Å². The van der Waals surface area contributed by atoms with Gasteiger partial charge in [-0.25, -0.2) is 4.98 Å². The SMILES string of the molecule is O=C1C/C(=C\c2cnn3c(NC4CC4)cc(-c4csc(CN5CCCC5)c4)nc23)C(=O)N1. The molecule has 0 unspecified atom stereocenters. The van der Waals surface area contributed by atoms with Crippen LogP contribution in [-0.4, -0.2) is 50.4 Å². The van der Waals surface area contributed by atoms with Crippen molar-refractivity contribution in [1.82, 2.24) is 24.8 Å². The highest BCUT2D eigenvalue weighted by Gasteiger charge is 2.26. The van der Waals surface area contributed by atoms with Crippen molar-refractivity contribution in [3.05, 3.63) is 39.7 Å². The molecule has 3 aromatic heterocycles. The predicted octanol–water partition coefficient (Wildman–Crippen LogP) is 3.06. The molecule has 1 aliphatic carbocycles. The Morgan fingerprint density at radius 2 is 2.06 bits per heavy atom. The van der Waals surface area contributed by atoms with E-state index in [4.69, 9.17) is 4.98 Å². The zero-order chi connectivity index (χ0) is 21.7. The van der Waals surface area contributed by atoms with Crippen LogP contribution in [0.1, 0.15) is 42.5 Å². The molecular formula is C23H24N6O2S. The highest BCUT2D eigenvalue weighted by Crippen LogP contribution is 2.32. The molecule has 0 spiro atoms. The summed E-state index contributed by atoms with van der Waals surface area (Å²) in [5.74, 6) is 0.286. The summed E-state index contributed by atoms with van der Waals surface area (Å²) in [5, 5.41) is 12.6. The first-order valence-electron chi connectivity index (χ1n) is 11.1. The number of carbonyl (C=O) groups excluding carboxylic acids is 2. The van der Waals surface area contributed by atoms with Crippen molar-refractivity contribution >= 4 is 40.7 Å². The van der Waals surface area contributed by atoms with E-state index < -0.39 is 0 Å². The van der Waals surface area contributed by atoms with Crippen LogP contribution in [0.5, 0.6) is 0 Å². The number of likely N-dealkylation sites (tertiary alicyclic amines) is 1. The highest BCUT2D eigenvalue weighted by molar-refractivity contribution is 7.10. The molecule has 2 aliphatic heterocycles. The number of carbonyl (C=O) groups is 2. The summed E-state index contributed by atoms with van der Waals surface area (Å²) in [6, 6.07) is 4.76. The van der Waals surface area contributed by atoms with Gasteiger partial charge in [0.2, 0.25) is 5.91 Å². The maximum Gasteiger partial charge on any atom is 0.254 e. The Bertz CT molecular complexity index is 1250. The Balaban J connectivity index is 1.38. The first kappa shape index (κ1) is 19.6. The molecule has 5 heterocycles. The van der Waals surface area contributed by atoms with Gasteiger partial charge in [-0.2, -0.15) is 9.61 Å². The normalized spacial score (nSPS) is 20.6. The van der Waals surface area contributed by atoms with Crippen LogP contribution < -0.4 is 10.6 Å². The van der Waals surface area contributed by atoms with E-state index in [2.05, 4.69) is 38.1 Å². The minimum absolute atomic E-state index is 0.0907. The van der Waals surface area contributed by atoms with Crippen LogP contribution in [0.2, 0.25) is 0 Å². The number of imide groups is 1. The van der Waals surface area contributed by atoms with E-state index in [9.17, 15) is 9.59 Å². The number of nitrogens with zero attached hydrogens (tertiary/aromatic N) is 4. The minimum atomic E-state index is -0.341. The largest absolute Gasteiger partial charge is 0.367 e. The summed E-state index contributed by atoms with van der Waals surface area (Å²) in [6.45, 7) is 3.35. The fraction of sp³-hybridized carbons (Fsp3) is 0.391. The zero-order valence-electron chi connectivity index (χ0n) is 17.6. The van der Waals surface area contributed by atoms with Crippen molar-refractivity contribution < 1.29 is 9.59 Å². The van der Waals surface area contributed by atoms with E-state index in [0.717, 1.165) is 42.0 Å². The van der Waals surface area contributed by atoms with E-state index >= 15 is 0 Å². The Kier molecular flexibility index (Phi) is 4.80. The third-order valence-corrected chi connectivity index (χ3v) is 7.10. The Labute approximate surface area is 189 Å². The highest BCUT2D eigenvalue weighted by atomic mass is 32.1. The molecule has 1 saturated carbocycles. The maximum absolute atomic E-state index is 12.0. The summed E-state index contributed by atoms with van der Waals surface area (Å²) in [6.07, 6.45) is 8.40. The van der Waals surface area contributed by atoms with Crippen molar-refractivity contribution in [3.8, 4) is 11.3 Å². The van der Waals surface area contributed by atoms with Crippen molar-refractivity contribution in [2.24, 2.45) is 0 Å². The van der Waals surface area contributed by atoms with Gasteiger partial charge in [-0.15, -0.1) is 11.3 Å². The molecule has 0 aromatic carbocycles. The van der Waals surface area contributed by atoms with Gasteiger partial charge in [0.05, 0.1) is 18.3 Å². The topological polar surface area (TPSA) is 91.6 Å². The van der Waals surface area contributed by atoms with Gasteiger partial charge in [-0.05, 0) is 50.9 Å². The molecule has 2 saturated heterocycles. The number of nitrogens with one attached hydrogen (secondary N) is 2. The van der Waals surface area contributed by atoms with Gasteiger partial charge in [0.15, 0.2) is 5.65 Å². The second-order valence-corrected chi connectivity index (χ2v) is 9.78. The maximum atomic E-state index is 12.0. The van der Waals surface area contributed by atoms with Crippen molar-refractivity contribution in [2.75, 3.05) is 18.4 Å². The summed E-state index contributed by atoms with van der Waals surface area (Å²) in [4.78, 5) is 32.4. The molecule has 3 aliphatic rings. The van der Waals surface area contributed by atoms with Gasteiger partial charge in [-0.3, -0.25) is 19.8 Å². The lowest BCUT2D eigenvalue weighted by atomic mass is 10.1. The molecule has 0 bridgehead atoms. The average molecular weight is 449 g/mol. The standard InChI is InChI=1S/C23H24N6O2S/c30-21-9-14(23(31)27-21)7-15-11-24-29-20(25-17-3-4-17)10-19(26-22(15)29)16-8-18(32-13-16)12-28-5-1-2-6-28/h7-8,10-11,13,17,25H,1-6,9,12H2,(H,27,30,31)/b14-7+. The van der Waals surface area contributed by atoms with E-state index in [1.807, 2.05) is 0 Å². The van der Waals surface area contributed by atoms with Crippen LogP contribution in [0.15, 0.2) is 29.3 Å². The van der Waals surface area contributed by atoms with Crippen LogP contribution in [0.25, 0.3) is 23.0 Å². The monoisotopic (exact) mass is 448 g/mol. The Morgan fingerprint density at radius 1 is 1.22 bits per heavy atom. The third kappa shape index (κ3) is 3.82. The molecular weight excluding hydrogens is 424 g/mol. The summed E-state index contributed by atoms with van der Waals surface area (Å²) in [5.41, 5.74) is 3.84. The lowest BCUT2D eigenvalue weighted by molar-refractivity contribution is -0.124. The number of anilines is 1. The minimum Gasteiger partial charge on any atom is -0.367 e. The number of hydrogen-bond acceptors (Lipinski definition) is 7. The molecule has 0 atom stereocenters. The number of hydrogen-bond donors (Lipinski definition) is 2. The van der Waals surface area contributed by atoms with Gasteiger partial charge in [0.25, 0.3) is 5.91 Å². The van der Waals surface area contributed by atoms with Crippen molar-refractivity contribution in [1.29, 1.82) is 0 Å². The number of thiophene rings is 1. The Morgan fingerprint density at radius 3 is 2.81 bits per heavy atom. The number of amides is 2. The zero-order valence-corrected chi connectivity index (χ0v) is 18.5. The lowest BCUT2D eigenvalue weighted by Crippen LogP contribution is -2.19. The molecule has 0 radical (unpaired) electrons. The van der Waals surface area contributed by atoms with Crippen LogP contribution in [0, 0.1) is 0 Å². The molecule has 3 fully saturated rings. The number of fused-ring (bicyclic) bond motifs is 1. The average Bonchev–Trinajstić information content (AvgIpc) is 3.17. The van der Waals surface area contributed by atoms with E-state index in [-0.39, 0.29) is 18.2 Å². The van der Waals surface area contributed by atoms with Crippen LogP contribution in [0.3, 0.4) is 0 Å². The third-order valence-electron chi connectivity index (χ3n) is 6.18. The second-order valence-electron chi connectivity index (χ2n) is 8.79. The van der Waals surface area contributed by atoms with E-state index in [1.165, 1.54) is 30.8 Å². The van der Waals surface area contributed by atoms with Gasteiger partial charge in [-0.1, -0.05) is 0 Å². The van der Waals surface area contributed by atoms with E-state index in [1.54, 1.807) is 28.1 Å². The fourth-order valence-electron chi connectivity index (χ4n) is 4.34. The molecule has 9 heteroatoms. The van der Waals surface area contributed by atoms with Gasteiger partial charge in [0, 0.05) is 45.6 Å². The number of rotatable bonds is 6. The molecule has 32 heavy (non-hydrogen) atoms. The summed E-state index contributed by atoms with van der Waals surface area (Å²) < 4.78 is 1.79.